The quantitative estimate of drug-likeness (QED) is 0.503. The second-order valence-electron chi connectivity index (χ2n) is 4.38. The number of amides is 2. The molecule has 5 nitrogen and oxygen atoms in total. The monoisotopic (exact) mass is 240 g/mol. The van der Waals surface area contributed by atoms with E-state index in [4.69, 9.17) is 5.11 Å². The fraction of sp³-hybridized carbons (Fsp3) is 0.667. The van der Waals surface area contributed by atoms with E-state index >= 15 is 0 Å². The van der Waals surface area contributed by atoms with Gasteiger partial charge < -0.3 is 15.7 Å². The van der Waals surface area contributed by atoms with E-state index in [-0.39, 0.29) is 18.0 Å². The number of carbonyl (C=O) groups is 2. The third-order valence-electron chi connectivity index (χ3n) is 2.99. The molecular formula is C12H20N2O3. The lowest BCUT2D eigenvalue weighted by atomic mass is 9.86. The van der Waals surface area contributed by atoms with Crippen molar-refractivity contribution in [3.63, 3.8) is 0 Å². The van der Waals surface area contributed by atoms with Crippen LogP contribution < -0.4 is 10.6 Å². The minimum atomic E-state index is -0.761. The molecule has 0 aromatic heterocycles. The topological polar surface area (TPSA) is 78.4 Å². The number of carboxylic acids is 1. The molecule has 3 N–H and O–H groups in total. The van der Waals surface area contributed by atoms with Gasteiger partial charge in [-0.1, -0.05) is 12.5 Å². The van der Waals surface area contributed by atoms with Crippen molar-refractivity contribution in [2.75, 3.05) is 6.54 Å². The van der Waals surface area contributed by atoms with Crippen LogP contribution in [0.25, 0.3) is 0 Å². The van der Waals surface area contributed by atoms with Gasteiger partial charge in [0.1, 0.15) is 0 Å². The summed E-state index contributed by atoms with van der Waals surface area (Å²) in [4.78, 5) is 22.3. The lowest BCUT2D eigenvalue weighted by Crippen LogP contribution is -2.45. The predicted molar refractivity (Wildman–Crippen MR) is 64.7 cm³/mol. The van der Waals surface area contributed by atoms with Crippen molar-refractivity contribution in [1.82, 2.24) is 10.6 Å². The average Bonchev–Trinajstić information content (AvgIpc) is 2.29. The maximum Gasteiger partial charge on any atom is 0.315 e. The molecule has 96 valence electrons. The van der Waals surface area contributed by atoms with Crippen LogP contribution in [0.3, 0.4) is 0 Å². The molecule has 1 rings (SSSR count). The van der Waals surface area contributed by atoms with Crippen molar-refractivity contribution >= 4 is 12.0 Å². The Labute approximate surface area is 101 Å². The van der Waals surface area contributed by atoms with Crippen molar-refractivity contribution < 1.29 is 14.7 Å². The zero-order valence-electron chi connectivity index (χ0n) is 9.95. The molecule has 1 fully saturated rings. The second-order valence-corrected chi connectivity index (χ2v) is 4.38. The summed E-state index contributed by atoms with van der Waals surface area (Å²) < 4.78 is 0. The second kappa shape index (κ2) is 6.93. The minimum Gasteiger partial charge on any atom is -0.481 e. The highest BCUT2D eigenvalue weighted by molar-refractivity contribution is 5.74. The van der Waals surface area contributed by atoms with Crippen LogP contribution in [0.15, 0.2) is 12.7 Å². The molecule has 0 aliphatic heterocycles. The van der Waals surface area contributed by atoms with Crippen molar-refractivity contribution in [2.45, 2.75) is 38.1 Å². The highest BCUT2D eigenvalue weighted by Crippen LogP contribution is 2.24. The van der Waals surface area contributed by atoms with Crippen molar-refractivity contribution in [2.24, 2.45) is 5.92 Å². The van der Waals surface area contributed by atoms with E-state index in [2.05, 4.69) is 17.2 Å². The Balaban J connectivity index is 2.28. The van der Waals surface area contributed by atoms with Crippen LogP contribution >= 0.6 is 0 Å². The summed E-state index contributed by atoms with van der Waals surface area (Å²) >= 11 is 0. The molecular weight excluding hydrogens is 220 g/mol. The molecule has 0 aromatic carbocycles. The van der Waals surface area contributed by atoms with Gasteiger partial charge in [-0.2, -0.15) is 0 Å². The highest BCUT2D eigenvalue weighted by Gasteiger charge is 2.27. The number of urea groups is 1. The van der Waals surface area contributed by atoms with Crippen LogP contribution in [-0.2, 0) is 4.79 Å². The van der Waals surface area contributed by atoms with Crippen LogP contribution in [0.1, 0.15) is 32.1 Å². The predicted octanol–water partition coefficient (Wildman–Crippen LogP) is 1.51. The summed E-state index contributed by atoms with van der Waals surface area (Å²) in [7, 11) is 0. The first-order valence-corrected chi connectivity index (χ1v) is 6.01. The van der Waals surface area contributed by atoms with E-state index in [1.807, 2.05) is 0 Å². The molecule has 2 unspecified atom stereocenters. The zero-order valence-corrected chi connectivity index (χ0v) is 9.95. The molecule has 2 amide bonds. The number of nitrogens with one attached hydrogen (secondary N) is 2. The van der Waals surface area contributed by atoms with Crippen molar-refractivity contribution in [1.29, 1.82) is 0 Å². The Morgan fingerprint density at radius 1 is 1.41 bits per heavy atom. The molecule has 2 atom stereocenters. The number of carbonyl (C=O) groups excluding carboxylic acids is 1. The SMILES string of the molecule is C=CCCNC(=O)NC1CCCC(C(=O)O)C1. The van der Waals surface area contributed by atoms with Gasteiger partial charge >= 0.3 is 12.0 Å². The maximum absolute atomic E-state index is 11.5. The highest BCUT2D eigenvalue weighted by atomic mass is 16.4. The zero-order chi connectivity index (χ0) is 12.7. The number of hydrogen-bond donors (Lipinski definition) is 3. The van der Waals surface area contributed by atoms with Crippen LogP contribution in [0.2, 0.25) is 0 Å². The molecule has 1 aliphatic carbocycles. The van der Waals surface area contributed by atoms with Gasteiger partial charge in [0.25, 0.3) is 0 Å². The van der Waals surface area contributed by atoms with E-state index in [1.165, 1.54) is 0 Å². The van der Waals surface area contributed by atoms with Crippen molar-refractivity contribution in [3.8, 4) is 0 Å². The van der Waals surface area contributed by atoms with Crippen LogP contribution in [0, 0.1) is 5.92 Å². The third-order valence-corrected chi connectivity index (χ3v) is 2.99. The van der Waals surface area contributed by atoms with Gasteiger partial charge in [-0.3, -0.25) is 4.79 Å². The molecule has 0 heterocycles. The Kier molecular flexibility index (Phi) is 5.52. The van der Waals surface area contributed by atoms with Crippen LogP contribution in [0.4, 0.5) is 4.79 Å². The Morgan fingerprint density at radius 3 is 2.82 bits per heavy atom. The normalized spacial score (nSPS) is 23.8. The fourth-order valence-corrected chi connectivity index (χ4v) is 2.07. The standard InChI is InChI=1S/C12H20N2O3/c1-2-3-7-13-12(17)14-10-6-4-5-9(8-10)11(15)16/h2,9-10H,1,3-8H2,(H,15,16)(H2,13,14,17). The first-order valence-electron chi connectivity index (χ1n) is 6.01. The van der Waals surface area contributed by atoms with Crippen LogP contribution in [-0.4, -0.2) is 29.7 Å². The fourth-order valence-electron chi connectivity index (χ4n) is 2.07. The Morgan fingerprint density at radius 2 is 2.18 bits per heavy atom. The smallest absolute Gasteiger partial charge is 0.315 e. The Hall–Kier alpha value is -1.52. The molecule has 0 saturated heterocycles. The minimum absolute atomic E-state index is 0.0198. The summed E-state index contributed by atoms with van der Waals surface area (Å²) in [6, 6.07) is -0.239. The molecule has 1 saturated carbocycles. The molecule has 0 radical (unpaired) electrons. The first kappa shape index (κ1) is 13.5. The molecule has 0 bridgehead atoms. The summed E-state index contributed by atoms with van der Waals surface area (Å²) in [6.07, 6.45) is 5.43. The summed E-state index contributed by atoms with van der Waals surface area (Å²) in [5.41, 5.74) is 0. The van der Waals surface area contributed by atoms with E-state index < -0.39 is 5.97 Å². The largest absolute Gasteiger partial charge is 0.481 e. The van der Waals surface area contributed by atoms with Crippen LogP contribution in [0.5, 0.6) is 0 Å². The van der Waals surface area contributed by atoms with E-state index in [0.717, 1.165) is 19.3 Å². The Bertz CT molecular complexity index is 291. The number of carboxylic acid groups (broad SMARTS) is 1. The van der Waals surface area contributed by atoms with Gasteiger partial charge in [0, 0.05) is 12.6 Å². The molecule has 17 heavy (non-hydrogen) atoms. The average molecular weight is 240 g/mol. The maximum atomic E-state index is 11.5. The molecule has 0 aromatic rings. The van der Waals surface area contributed by atoms with E-state index in [1.54, 1.807) is 6.08 Å². The van der Waals surface area contributed by atoms with E-state index in [0.29, 0.717) is 19.4 Å². The van der Waals surface area contributed by atoms with Gasteiger partial charge in [0.15, 0.2) is 0 Å². The summed E-state index contributed by atoms with van der Waals surface area (Å²) in [5, 5.41) is 14.4. The van der Waals surface area contributed by atoms with Gasteiger partial charge in [-0.05, 0) is 25.7 Å². The van der Waals surface area contributed by atoms with Crippen molar-refractivity contribution in [3.05, 3.63) is 12.7 Å². The molecule has 5 heteroatoms. The molecule has 0 spiro atoms. The van der Waals surface area contributed by atoms with E-state index in [9.17, 15) is 9.59 Å². The first-order chi connectivity index (χ1) is 8.13. The number of aliphatic carboxylic acids is 1. The number of rotatable bonds is 5. The third kappa shape index (κ3) is 4.89. The lowest BCUT2D eigenvalue weighted by Gasteiger charge is -2.27. The summed E-state index contributed by atoms with van der Waals surface area (Å²) in [6.45, 7) is 4.13. The van der Waals surface area contributed by atoms with Gasteiger partial charge in [-0.25, -0.2) is 4.79 Å². The van der Waals surface area contributed by atoms with Gasteiger partial charge in [0.2, 0.25) is 0 Å². The molecule has 1 aliphatic rings. The number of hydrogen-bond acceptors (Lipinski definition) is 2. The lowest BCUT2D eigenvalue weighted by molar-refractivity contribution is -0.143. The van der Waals surface area contributed by atoms with Gasteiger partial charge in [0.05, 0.1) is 5.92 Å². The van der Waals surface area contributed by atoms with Gasteiger partial charge in [-0.15, -0.1) is 6.58 Å². The summed E-state index contributed by atoms with van der Waals surface area (Å²) in [5.74, 6) is -1.08.